The molecule has 2 atom stereocenters. The first-order valence-electron chi connectivity index (χ1n) is 10.0. The van der Waals surface area contributed by atoms with Crippen molar-refractivity contribution in [2.24, 2.45) is 11.8 Å². The second-order valence-electron chi connectivity index (χ2n) is 7.86. The largest absolute Gasteiger partial charge is 0.336 e. The maximum atomic E-state index is 13.1. The zero-order chi connectivity index (χ0) is 20.4. The fourth-order valence-corrected chi connectivity index (χ4v) is 3.70. The second kappa shape index (κ2) is 8.03. The average molecular weight is 387 g/mol. The van der Waals surface area contributed by atoms with Gasteiger partial charge in [-0.05, 0) is 38.0 Å². The smallest absolute Gasteiger partial charge is 0.228 e. The molecule has 4 rings (SSSR count). The fraction of sp³-hybridized carbons (Fsp3) is 0.292. The van der Waals surface area contributed by atoms with E-state index in [2.05, 4.69) is 10.3 Å². The van der Waals surface area contributed by atoms with Crippen LogP contribution in [-0.2, 0) is 16.1 Å². The molecular formula is C24H25N3O2. The lowest BCUT2D eigenvalue weighted by atomic mass is 10.1. The van der Waals surface area contributed by atoms with Gasteiger partial charge >= 0.3 is 0 Å². The van der Waals surface area contributed by atoms with Gasteiger partial charge in [0.25, 0.3) is 0 Å². The van der Waals surface area contributed by atoms with Gasteiger partial charge in [-0.2, -0.15) is 0 Å². The van der Waals surface area contributed by atoms with Crippen molar-refractivity contribution in [1.29, 1.82) is 0 Å². The van der Waals surface area contributed by atoms with Crippen molar-refractivity contribution in [2.75, 3.05) is 5.32 Å². The number of fused-ring (bicyclic) bond motifs is 1. The highest BCUT2D eigenvalue weighted by Gasteiger charge is 2.49. The number of benzene rings is 2. The highest BCUT2D eigenvalue weighted by Crippen LogP contribution is 2.41. The molecule has 2 amide bonds. The third kappa shape index (κ3) is 4.14. The maximum absolute atomic E-state index is 13.1. The van der Waals surface area contributed by atoms with Gasteiger partial charge in [-0.3, -0.25) is 14.6 Å². The molecule has 1 N–H and O–H groups in total. The van der Waals surface area contributed by atoms with Crippen LogP contribution in [0.1, 0.15) is 25.8 Å². The molecule has 0 bridgehead atoms. The van der Waals surface area contributed by atoms with Crippen LogP contribution < -0.4 is 5.32 Å². The van der Waals surface area contributed by atoms with Crippen LogP contribution in [0.25, 0.3) is 10.9 Å². The summed E-state index contributed by atoms with van der Waals surface area (Å²) in [6, 6.07) is 19.6. The van der Waals surface area contributed by atoms with E-state index < -0.39 is 0 Å². The van der Waals surface area contributed by atoms with Gasteiger partial charge in [0, 0.05) is 24.2 Å². The summed E-state index contributed by atoms with van der Waals surface area (Å²) in [5, 5.41) is 3.95. The van der Waals surface area contributed by atoms with E-state index in [0.717, 1.165) is 16.5 Å². The normalized spacial score (nSPS) is 17.9. The van der Waals surface area contributed by atoms with Crippen molar-refractivity contribution in [3.63, 3.8) is 0 Å². The SMILES string of the molecule is CC(C)N(Cc1ccccc1)C(=O)C1CC1C(=O)Nc1cccc2cccnc12. The minimum absolute atomic E-state index is 0.0556. The van der Waals surface area contributed by atoms with Crippen LogP contribution in [0.3, 0.4) is 0 Å². The van der Waals surface area contributed by atoms with Crippen molar-refractivity contribution in [3.8, 4) is 0 Å². The van der Waals surface area contributed by atoms with Crippen molar-refractivity contribution in [3.05, 3.63) is 72.4 Å². The summed E-state index contributed by atoms with van der Waals surface area (Å²) in [6.07, 6.45) is 2.31. The third-order valence-electron chi connectivity index (χ3n) is 5.44. The Morgan fingerprint density at radius 3 is 2.55 bits per heavy atom. The van der Waals surface area contributed by atoms with Crippen LogP contribution >= 0.6 is 0 Å². The van der Waals surface area contributed by atoms with E-state index in [0.29, 0.717) is 18.7 Å². The topological polar surface area (TPSA) is 62.3 Å². The van der Waals surface area contributed by atoms with Crippen molar-refractivity contribution in [2.45, 2.75) is 32.9 Å². The summed E-state index contributed by atoms with van der Waals surface area (Å²) >= 11 is 0. The summed E-state index contributed by atoms with van der Waals surface area (Å²) in [6.45, 7) is 4.59. The molecule has 1 aliphatic carbocycles. The first-order valence-corrected chi connectivity index (χ1v) is 10.0. The van der Waals surface area contributed by atoms with E-state index in [1.54, 1.807) is 6.20 Å². The van der Waals surface area contributed by atoms with Crippen molar-refractivity contribution < 1.29 is 9.59 Å². The molecule has 2 aromatic carbocycles. The van der Waals surface area contributed by atoms with Crippen LogP contribution in [0.2, 0.25) is 0 Å². The molecule has 1 aromatic heterocycles. The molecule has 5 nitrogen and oxygen atoms in total. The van der Waals surface area contributed by atoms with E-state index in [9.17, 15) is 9.59 Å². The quantitative estimate of drug-likeness (QED) is 0.688. The highest BCUT2D eigenvalue weighted by atomic mass is 16.2. The van der Waals surface area contributed by atoms with Gasteiger partial charge < -0.3 is 10.2 Å². The standard InChI is InChI=1S/C24H25N3O2/c1-16(2)27(15-17-8-4-3-5-9-17)24(29)20-14-19(20)23(28)26-21-12-6-10-18-11-7-13-25-22(18)21/h3-13,16,19-20H,14-15H2,1-2H3,(H,26,28). The Balaban J connectivity index is 1.43. The number of carbonyl (C=O) groups is 2. The lowest BCUT2D eigenvalue weighted by molar-refractivity contribution is -0.136. The number of para-hydroxylation sites is 1. The molecule has 29 heavy (non-hydrogen) atoms. The molecule has 1 aliphatic rings. The summed E-state index contributed by atoms with van der Waals surface area (Å²) in [5.41, 5.74) is 2.55. The second-order valence-corrected chi connectivity index (χ2v) is 7.86. The number of anilines is 1. The molecule has 0 spiro atoms. The predicted molar refractivity (Wildman–Crippen MR) is 114 cm³/mol. The number of pyridine rings is 1. The van der Waals surface area contributed by atoms with Crippen molar-refractivity contribution in [1.82, 2.24) is 9.88 Å². The first kappa shape index (κ1) is 19.1. The molecule has 2 unspecified atom stereocenters. The molecule has 0 radical (unpaired) electrons. The third-order valence-corrected chi connectivity index (χ3v) is 5.44. The number of carbonyl (C=O) groups excluding carboxylic acids is 2. The number of hydrogen-bond acceptors (Lipinski definition) is 3. The molecule has 0 saturated heterocycles. The molecule has 148 valence electrons. The molecule has 1 saturated carbocycles. The molecule has 5 heteroatoms. The molecule has 1 fully saturated rings. The molecule has 0 aliphatic heterocycles. The minimum atomic E-state index is -0.279. The van der Waals surface area contributed by atoms with Crippen molar-refractivity contribution >= 4 is 28.4 Å². The summed E-state index contributed by atoms with van der Waals surface area (Å²) in [5.74, 6) is -0.576. The van der Waals surface area contributed by atoms with E-state index in [4.69, 9.17) is 0 Å². The van der Waals surface area contributed by atoms with Gasteiger partial charge in [0.05, 0.1) is 23.0 Å². The number of nitrogens with zero attached hydrogens (tertiary/aromatic N) is 2. The Kier molecular flexibility index (Phi) is 5.30. The number of aromatic nitrogens is 1. The fourth-order valence-electron chi connectivity index (χ4n) is 3.70. The number of rotatable bonds is 6. The average Bonchev–Trinajstić information content (AvgIpc) is 3.53. The van der Waals surface area contributed by atoms with Gasteiger partial charge in [-0.1, -0.05) is 48.5 Å². The van der Waals surface area contributed by atoms with Gasteiger partial charge in [0.1, 0.15) is 0 Å². The Hall–Kier alpha value is -3.21. The van der Waals surface area contributed by atoms with Gasteiger partial charge in [0.2, 0.25) is 11.8 Å². The van der Waals surface area contributed by atoms with E-state index in [-0.39, 0.29) is 29.7 Å². The van der Waals surface area contributed by atoms with Crippen LogP contribution in [0.5, 0.6) is 0 Å². The number of nitrogens with one attached hydrogen (secondary N) is 1. The monoisotopic (exact) mass is 387 g/mol. The summed E-state index contributed by atoms with van der Waals surface area (Å²) in [4.78, 5) is 32.1. The summed E-state index contributed by atoms with van der Waals surface area (Å²) in [7, 11) is 0. The maximum Gasteiger partial charge on any atom is 0.228 e. The van der Waals surface area contributed by atoms with Crippen LogP contribution in [0.15, 0.2) is 66.9 Å². The van der Waals surface area contributed by atoms with Crippen LogP contribution in [0, 0.1) is 11.8 Å². The Labute approximate surface area is 170 Å². The molecule has 3 aromatic rings. The minimum Gasteiger partial charge on any atom is -0.336 e. The number of amides is 2. The molecule has 1 heterocycles. The number of hydrogen-bond donors (Lipinski definition) is 1. The zero-order valence-electron chi connectivity index (χ0n) is 16.7. The van der Waals surface area contributed by atoms with E-state index in [1.165, 1.54) is 0 Å². The lowest BCUT2D eigenvalue weighted by Gasteiger charge is -2.27. The Bertz CT molecular complexity index is 1030. The van der Waals surface area contributed by atoms with Gasteiger partial charge in [-0.15, -0.1) is 0 Å². The lowest BCUT2D eigenvalue weighted by Crippen LogP contribution is -2.38. The van der Waals surface area contributed by atoms with E-state index in [1.807, 2.05) is 79.4 Å². The van der Waals surface area contributed by atoms with Crippen LogP contribution in [-0.4, -0.2) is 27.7 Å². The Morgan fingerprint density at radius 2 is 1.79 bits per heavy atom. The van der Waals surface area contributed by atoms with Gasteiger partial charge in [-0.25, -0.2) is 0 Å². The van der Waals surface area contributed by atoms with Gasteiger partial charge in [0.15, 0.2) is 0 Å². The Morgan fingerprint density at radius 1 is 1.03 bits per heavy atom. The first-order chi connectivity index (χ1) is 14.0. The highest BCUT2D eigenvalue weighted by molar-refractivity contribution is 6.04. The molecular weight excluding hydrogens is 362 g/mol. The van der Waals surface area contributed by atoms with Crippen LogP contribution in [0.4, 0.5) is 5.69 Å². The zero-order valence-corrected chi connectivity index (χ0v) is 16.7. The summed E-state index contributed by atoms with van der Waals surface area (Å²) < 4.78 is 0. The predicted octanol–water partition coefficient (Wildman–Crippen LogP) is 4.25. The van der Waals surface area contributed by atoms with E-state index >= 15 is 0 Å².